The number of allylic oxidation sites excluding steroid dienone is 1. The Balaban J connectivity index is 2.50. The highest BCUT2D eigenvalue weighted by atomic mass is 15.0. The first-order valence-electron chi connectivity index (χ1n) is 3.33. The van der Waals surface area contributed by atoms with Crippen LogP contribution in [0.1, 0.15) is 6.42 Å². The van der Waals surface area contributed by atoms with Crippen LogP contribution >= 0.6 is 0 Å². The maximum absolute atomic E-state index is 3.97. The second-order valence-electron chi connectivity index (χ2n) is 2.07. The number of hydrogen-bond donors (Lipinski definition) is 0. The Kier molecular flexibility index (Phi) is 2.62. The van der Waals surface area contributed by atoms with Crippen LogP contribution < -0.4 is 4.57 Å². The molecule has 52 valence electrons. The van der Waals surface area contributed by atoms with Gasteiger partial charge in [-0.15, -0.1) is 6.58 Å². The van der Waals surface area contributed by atoms with Gasteiger partial charge in [-0.1, -0.05) is 11.1 Å². The molecule has 1 aromatic rings. The van der Waals surface area contributed by atoms with Crippen LogP contribution in [0.2, 0.25) is 0 Å². The van der Waals surface area contributed by atoms with Gasteiger partial charge in [0.1, 0.15) is 6.20 Å². The summed E-state index contributed by atoms with van der Waals surface area (Å²) in [4.78, 5) is 3.97. The average molecular weight is 135 g/mol. The lowest BCUT2D eigenvalue weighted by Crippen LogP contribution is -2.32. The Morgan fingerprint density at radius 2 is 2.50 bits per heavy atom. The molecule has 0 spiro atoms. The van der Waals surface area contributed by atoms with Crippen molar-refractivity contribution in [2.75, 3.05) is 0 Å². The van der Waals surface area contributed by atoms with Gasteiger partial charge in [0.15, 0.2) is 0 Å². The molecule has 0 aliphatic rings. The molecule has 0 unspecified atom stereocenters. The zero-order valence-corrected chi connectivity index (χ0v) is 5.90. The van der Waals surface area contributed by atoms with E-state index in [-0.39, 0.29) is 0 Å². The van der Waals surface area contributed by atoms with Crippen molar-refractivity contribution in [1.29, 1.82) is 0 Å². The van der Waals surface area contributed by atoms with Crippen molar-refractivity contribution in [2.24, 2.45) is 0 Å². The van der Waals surface area contributed by atoms with Crippen LogP contribution in [0.5, 0.6) is 0 Å². The van der Waals surface area contributed by atoms with E-state index in [0.29, 0.717) is 0 Å². The van der Waals surface area contributed by atoms with Crippen LogP contribution in [0.4, 0.5) is 0 Å². The summed E-state index contributed by atoms with van der Waals surface area (Å²) in [6, 6.07) is 1.92. The van der Waals surface area contributed by atoms with Crippen LogP contribution in [-0.2, 0) is 6.54 Å². The van der Waals surface area contributed by atoms with Crippen molar-refractivity contribution in [1.82, 2.24) is 4.98 Å². The number of rotatable bonds is 3. The second-order valence-corrected chi connectivity index (χ2v) is 2.07. The molecule has 0 atom stereocenters. The lowest BCUT2D eigenvalue weighted by Gasteiger charge is -1.91. The minimum atomic E-state index is 0.970. The van der Waals surface area contributed by atoms with Crippen molar-refractivity contribution < 1.29 is 4.57 Å². The molecule has 0 saturated heterocycles. The maximum atomic E-state index is 3.97. The molecule has 1 heterocycles. The summed E-state index contributed by atoms with van der Waals surface area (Å²) in [5.41, 5.74) is 0. The first-order chi connectivity index (χ1) is 4.93. The Hall–Kier alpha value is -1.18. The van der Waals surface area contributed by atoms with Gasteiger partial charge in [0.25, 0.3) is 6.33 Å². The van der Waals surface area contributed by atoms with E-state index in [1.807, 2.05) is 29.2 Å². The third kappa shape index (κ3) is 1.97. The third-order valence-electron chi connectivity index (χ3n) is 1.26. The number of aryl methyl sites for hydroxylation is 1. The topological polar surface area (TPSA) is 16.8 Å². The molecular weight excluding hydrogens is 124 g/mol. The predicted molar refractivity (Wildman–Crippen MR) is 39.2 cm³/mol. The molecule has 0 aliphatic carbocycles. The van der Waals surface area contributed by atoms with Crippen molar-refractivity contribution in [3.63, 3.8) is 0 Å². The Labute approximate surface area is 60.9 Å². The quantitative estimate of drug-likeness (QED) is 0.445. The first kappa shape index (κ1) is 6.93. The van der Waals surface area contributed by atoms with E-state index in [4.69, 9.17) is 0 Å². The Bertz CT molecular complexity index is 194. The molecule has 0 radical (unpaired) electrons. The minimum Gasteiger partial charge on any atom is -0.237 e. The molecule has 2 heteroatoms. The van der Waals surface area contributed by atoms with E-state index in [1.54, 1.807) is 6.20 Å². The molecular formula is C8H11N2+. The summed E-state index contributed by atoms with van der Waals surface area (Å²) >= 11 is 0. The monoisotopic (exact) mass is 135 g/mol. The SMILES string of the molecule is C=CCC[n+]1cccnc1. The summed E-state index contributed by atoms with van der Waals surface area (Å²) in [5, 5.41) is 0. The maximum Gasteiger partial charge on any atom is 0.286 e. The zero-order chi connectivity index (χ0) is 7.23. The van der Waals surface area contributed by atoms with Crippen LogP contribution in [0.15, 0.2) is 37.4 Å². The molecule has 1 aromatic heterocycles. The molecule has 0 fully saturated rings. The fraction of sp³-hybridized carbons (Fsp3) is 0.250. The lowest BCUT2D eigenvalue weighted by atomic mass is 10.4. The Morgan fingerprint density at radius 3 is 3.10 bits per heavy atom. The molecule has 0 saturated carbocycles. The highest BCUT2D eigenvalue weighted by Crippen LogP contribution is 1.78. The molecule has 2 nitrogen and oxygen atoms in total. The summed E-state index contributed by atoms with van der Waals surface area (Å²) in [5.74, 6) is 0. The molecule has 0 aromatic carbocycles. The summed E-state index contributed by atoms with van der Waals surface area (Å²) in [6.45, 7) is 4.61. The van der Waals surface area contributed by atoms with Crippen molar-refractivity contribution in [2.45, 2.75) is 13.0 Å². The van der Waals surface area contributed by atoms with Crippen molar-refractivity contribution >= 4 is 0 Å². The van der Waals surface area contributed by atoms with E-state index >= 15 is 0 Å². The first-order valence-corrected chi connectivity index (χ1v) is 3.33. The fourth-order valence-electron chi connectivity index (χ4n) is 0.734. The van der Waals surface area contributed by atoms with E-state index in [1.165, 1.54) is 0 Å². The van der Waals surface area contributed by atoms with Gasteiger partial charge in [0.2, 0.25) is 0 Å². The summed E-state index contributed by atoms with van der Waals surface area (Å²) in [7, 11) is 0. The van der Waals surface area contributed by atoms with Gasteiger partial charge in [-0.25, -0.2) is 4.57 Å². The zero-order valence-electron chi connectivity index (χ0n) is 5.90. The van der Waals surface area contributed by atoms with Crippen LogP contribution in [0, 0.1) is 0 Å². The normalized spacial score (nSPS) is 9.20. The molecule has 0 N–H and O–H groups in total. The van der Waals surface area contributed by atoms with Gasteiger partial charge in [-0.3, -0.25) is 0 Å². The molecule has 10 heavy (non-hydrogen) atoms. The second kappa shape index (κ2) is 3.77. The molecule has 0 amide bonds. The average Bonchev–Trinajstić information content (AvgIpc) is 2.03. The van der Waals surface area contributed by atoms with Gasteiger partial charge in [0, 0.05) is 12.5 Å². The highest BCUT2D eigenvalue weighted by Gasteiger charge is 1.90. The van der Waals surface area contributed by atoms with Gasteiger partial charge >= 0.3 is 0 Å². The molecule has 0 aliphatic heterocycles. The third-order valence-corrected chi connectivity index (χ3v) is 1.26. The van der Waals surface area contributed by atoms with Crippen LogP contribution in [0.3, 0.4) is 0 Å². The van der Waals surface area contributed by atoms with Crippen molar-refractivity contribution in [3.05, 3.63) is 37.4 Å². The Morgan fingerprint density at radius 1 is 1.60 bits per heavy atom. The minimum absolute atomic E-state index is 0.970. The lowest BCUT2D eigenvalue weighted by molar-refractivity contribution is -0.699. The van der Waals surface area contributed by atoms with Gasteiger partial charge in [-0.05, 0) is 0 Å². The van der Waals surface area contributed by atoms with Gasteiger partial charge in [-0.2, -0.15) is 0 Å². The van der Waals surface area contributed by atoms with Crippen LogP contribution in [-0.4, -0.2) is 4.98 Å². The van der Waals surface area contributed by atoms with Crippen LogP contribution in [0.25, 0.3) is 0 Å². The standard InChI is InChI=1S/C8H11N2/c1-2-3-6-10-7-4-5-9-8-10/h2,4-5,7-8H,1,3,6H2/q+1. The van der Waals surface area contributed by atoms with E-state index in [0.717, 1.165) is 13.0 Å². The summed E-state index contributed by atoms with van der Waals surface area (Å²) < 4.78 is 2.03. The molecule has 0 bridgehead atoms. The molecule has 1 rings (SSSR count). The van der Waals surface area contributed by atoms with Gasteiger partial charge < -0.3 is 0 Å². The largest absolute Gasteiger partial charge is 0.286 e. The number of hydrogen-bond acceptors (Lipinski definition) is 1. The van der Waals surface area contributed by atoms with E-state index in [9.17, 15) is 0 Å². The van der Waals surface area contributed by atoms with Crippen molar-refractivity contribution in [3.8, 4) is 0 Å². The van der Waals surface area contributed by atoms with E-state index < -0.39 is 0 Å². The highest BCUT2D eigenvalue weighted by molar-refractivity contribution is 4.69. The van der Waals surface area contributed by atoms with E-state index in [2.05, 4.69) is 11.6 Å². The number of nitrogens with zero attached hydrogens (tertiary/aromatic N) is 2. The smallest absolute Gasteiger partial charge is 0.237 e. The van der Waals surface area contributed by atoms with Gasteiger partial charge in [0.05, 0.1) is 12.7 Å². The fourth-order valence-corrected chi connectivity index (χ4v) is 0.734. The predicted octanol–water partition coefficient (Wildman–Crippen LogP) is 0.945. The number of aromatic nitrogens is 2. The summed E-state index contributed by atoms with van der Waals surface area (Å²) in [6.07, 6.45) is 8.47.